The van der Waals surface area contributed by atoms with Crippen molar-refractivity contribution in [3.05, 3.63) is 28.8 Å². The smallest absolute Gasteiger partial charge is 0.382 e. The molecule has 0 aliphatic heterocycles. The SMILES string of the molecule is CN(C)c1ccc([C@@H](N)[C@@H](O)C(F)(F)F)c(Cl)c1. The van der Waals surface area contributed by atoms with Gasteiger partial charge in [0.1, 0.15) is 0 Å². The number of aliphatic hydroxyl groups excluding tert-OH is 1. The summed E-state index contributed by atoms with van der Waals surface area (Å²) < 4.78 is 37.0. The second-order valence-corrected chi connectivity index (χ2v) is 4.52. The number of hydrogen-bond acceptors (Lipinski definition) is 3. The number of alkyl halides is 3. The lowest BCUT2D eigenvalue weighted by Crippen LogP contribution is -2.39. The summed E-state index contributed by atoms with van der Waals surface area (Å²) >= 11 is 5.88. The summed E-state index contributed by atoms with van der Waals surface area (Å²) in [6.07, 6.45) is -7.41. The van der Waals surface area contributed by atoms with E-state index in [1.807, 2.05) is 0 Å². The molecule has 0 amide bonds. The van der Waals surface area contributed by atoms with Crippen LogP contribution < -0.4 is 10.6 Å². The van der Waals surface area contributed by atoms with Crippen molar-refractivity contribution < 1.29 is 18.3 Å². The van der Waals surface area contributed by atoms with Gasteiger partial charge in [-0.2, -0.15) is 13.2 Å². The Morgan fingerprint density at radius 2 is 1.89 bits per heavy atom. The summed E-state index contributed by atoms with van der Waals surface area (Å²) in [7, 11) is 3.55. The molecule has 0 aromatic heterocycles. The molecule has 0 aliphatic carbocycles. The molecule has 0 aliphatic rings. The maximum absolute atomic E-state index is 12.3. The van der Waals surface area contributed by atoms with E-state index < -0.39 is 18.3 Å². The van der Waals surface area contributed by atoms with Crippen LogP contribution in [0.4, 0.5) is 18.9 Å². The van der Waals surface area contributed by atoms with Gasteiger partial charge in [-0.25, -0.2) is 0 Å². The third-order valence-corrected chi connectivity index (χ3v) is 2.86. The average molecular weight is 283 g/mol. The first kappa shape index (κ1) is 15.1. The van der Waals surface area contributed by atoms with Crippen LogP contribution in [-0.2, 0) is 0 Å². The molecule has 102 valence electrons. The van der Waals surface area contributed by atoms with E-state index in [2.05, 4.69) is 0 Å². The highest BCUT2D eigenvalue weighted by atomic mass is 35.5. The molecule has 0 saturated carbocycles. The van der Waals surface area contributed by atoms with Crippen molar-refractivity contribution in [3.8, 4) is 0 Å². The molecule has 0 radical (unpaired) electrons. The Morgan fingerprint density at radius 1 is 1.33 bits per heavy atom. The van der Waals surface area contributed by atoms with Gasteiger partial charge in [0, 0.05) is 24.8 Å². The van der Waals surface area contributed by atoms with Gasteiger partial charge in [-0.1, -0.05) is 17.7 Å². The summed E-state index contributed by atoms with van der Waals surface area (Å²) in [5, 5.41) is 9.19. The predicted molar refractivity (Wildman–Crippen MR) is 64.8 cm³/mol. The second-order valence-electron chi connectivity index (χ2n) is 4.11. The summed E-state index contributed by atoms with van der Waals surface area (Å²) in [5.41, 5.74) is 6.18. The number of rotatable bonds is 3. The predicted octanol–water partition coefficient (Wildman–Crippen LogP) is 2.33. The van der Waals surface area contributed by atoms with Gasteiger partial charge in [0.15, 0.2) is 6.10 Å². The van der Waals surface area contributed by atoms with Gasteiger partial charge in [-0.3, -0.25) is 0 Å². The van der Waals surface area contributed by atoms with Crippen molar-refractivity contribution in [3.63, 3.8) is 0 Å². The van der Waals surface area contributed by atoms with Gasteiger partial charge < -0.3 is 15.7 Å². The van der Waals surface area contributed by atoms with Gasteiger partial charge in [0.25, 0.3) is 0 Å². The zero-order valence-electron chi connectivity index (χ0n) is 9.87. The third-order valence-electron chi connectivity index (χ3n) is 2.54. The van der Waals surface area contributed by atoms with Crippen molar-refractivity contribution in [2.24, 2.45) is 5.73 Å². The van der Waals surface area contributed by atoms with Crippen LogP contribution in [0.1, 0.15) is 11.6 Å². The summed E-state index contributed by atoms with van der Waals surface area (Å²) in [6.45, 7) is 0. The lowest BCUT2D eigenvalue weighted by Gasteiger charge is -2.23. The monoisotopic (exact) mass is 282 g/mol. The number of nitrogens with two attached hydrogens (primary N) is 1. The van der Waals surface area contributed by atoms with E-state index in [1.165, 1.54) is 12.1 Å². The Bertz CT molecular complexity index is 423. The molecule has 0 saturated heterocycles. The normalized spacial score (nSPS) is 15.3. The molecule has 0 bridgehead atoms. The van der Waals surface area contributed by atoms with Crippen LogP contribution in [-0.4, -0.2) is 31.5 Å². The molecule has 7 heteroatoms. The minimum absolute atomic E-state index is 0.0621. The fourth-order valence-corrected chi connectivity index (χ4v) is 1.74. The Morgan fingerprint density at radius 3 is 2.28 bits per heavy atom. The second kappa shape index (κ2) is 5.34. The number of halogens is 4. The molecule has 0 spiro atoms. The molecule has 3 nitrogen and oxygen atoms in total. The third kappa shape index (κ3) is 3.28. The van der Waals surface area contributed by atoms with Crippen molar-refractivity contribution in [2.45, 2.75) is 18.3 Å². The molecule has 1 rings (SSSR count). The van der Waals surface area contributed by atoms with E-state index in [9.17, 15) is 13.2 Å². The molecule has 2 atom stereocenters. The molecule has 0 heterocycles. The van der Waals surface area contributed by atoms with Crippen molar-refractivity contribution in [1.82, 2.24) is 0 Å². The standard InChI is InChI=1S/C11H14ClF3N2O/c1-17(2)6-3-4-7(8(12)5-6)9(16)10(18)11(13,14)15/h3-5,9-10,18H,16H2,1-2H3/t9-,10-/m1/s1. The van der Waals surface area contributed by atoms with Gasteiger partial charge in [-0.05, 0) is 17.7 Å². The first-order valence-electron chi connectivity index (χ1n) is 5.11. The number of nitrogens with zero attached hydrogens (tertiary/aromatic N) is 1. The first-order valence-corrected chi connectivity index (χ1v) is 5.49. The van der Waals surface area contributed by atoms with Gasteiger partial charge in [0.2, 0.25) is 0 Å². The Labute approximate surface area is 108 Å². The number of benzene rings is 1. The molecular formula is C11H14ClF3N2O. The molecule has 0 fully saturated rings. The minimum atomic E-state index is -4.77. The Kier molecular flexibility index (Phi) is 4.47. The zero-order valence-corrected chi connectivity index (χ0v) is 10.6. The lowest BCUT2D eigenvalue weighted by atomic mass is 10.0. The Balaban J connectivity index is 3.04. The van der Waals surface area contributed by atoms with E-state index in [-0.39, 0.29) is 10.6 Å². The van der Waals surface area contributed by atoms with Crippen molar-refractivity contribution in [1.29, 1.82) is 0 Å². The highest BCUT2D eigenvalue weighted by molar-refractivity contribution is 6.31. The van der Waals surface area contributed by atoms with E-state index in [1.54, 1.807) is 25.1 Å². The number of hydrogen-bond donors (Lipinski definition) is 2. The van der Waals surface area contributed by atoms with Crippen molar-refractivity contribution in [2.75, 3.05) is 19.0 Å². The molecule has 0 unspecified atom stereocenters. The molecule has 18 heavy (non-hydrogen) atoms. The van der Waals surface area contributed by atoms with Gasteiger partial charge in [-0.15, -0.1) is 0 Å². The van der Waals surface area contributed by atoms with E-state index in [0.29, 0.717) is 0 Å². The molecular weight excluding hydrogens is 269 g/mol. The van der Waals surface area contributed by atoms with Crippen LogP contribution in [0.5, 0.6) is 0 Å². The highest BCUT2D eigenvalue weighted by Crippen LogP contribution is 2.33. The molecule has 1 aromatic carbocycles. The van der Waals surface area contributed by atoms with Crippen LogP contribution in [0.25, 0.3) is 0 Å². The highest BCUT2D eigenvalue weighted by Gasteiger charge is 2.43. The summed E-state index contributed by atoms with van der Waals surface area (Å²) in [4.78, 5) is 1.75. The lowest BCUT2D eigenvalue weighted by molar-refractivity contribution is -0.210. The van der Waals surface area contributed by atoms with E-state index >= 15 is 0 Å². The maximum Gasteiger partial charge on any atom is 0.416 e. The largest absolute Gasteiger partial charge is 0.416 e. The van der Waals surface area contributed by atoms with Crippen LogP contribution in [0.3, 0.4) is 0 Å². The summed E-state index contributed by atoms with van der Waals surface area (Å²) in [6, 6.07) is 2.87. The van der Waals surface area contributed by atoms with Crippen LogP contribution >= 0.6 is 11.6 Å². The van der Waals surface area contributed by atoms with Gasteiger partial charge in [0.05, 0.1) is 6.04 Å². The van der Waals surface area contributed by atoms with E-state index in [0.717, 1.165) is 5.69 Å². The van der Waals surface area contributed by atoms with Crippen LogP contribution in [0.2, 0.25) is 5.02 Å². The quantitative estimate of drug-likeness (QED) is 0.895. The fraction of sp³-hybridized carbons (Fsp3) is 0.455. The maximum atomic E-state index is 12.3. The van der Waals surface area contributed by atoms with Crippen LogP contribution in [0, 0.1) is 0 Å². The fourth-order valence-electron chi connectivity index (χ4n) is 1.44. The van der Waals surface area contributed by atoms with Crippen LogP contribution in [0.15, 0.2) is 18.2 Å². The average Bonchev–Trinajstić information content (AvgIpc) is 2.25. The Hall–Kier alpha value is -0.980. The zero-order chi connectivity index (χ0) is 14.1. The number of aliphatic hydroxyl groups is 1. The topological polar surface area (TPSA) is 49.5 Å². The number of anilines is 1. The molecule has 1 aromatic rings. The van der Waals surface area contributed by atoms with Gasteiger partial charge >= 0.3 is 6.18 Å². The van der Waals surface area contributed by atoms with Crippen molar-refractivity contribution >= 4 is 17.3 Å². The minimum Gasteiger partial charge on any atom is -0.382 e. The van der Waals surface area contributed by atoms with E-state index in [4.69, 9.17) is 22.4 Å². The summed E-state index contributed by atoms with van der Waals surface area (Å²) in [5.74, 6) is 0. The first-order chi connectivity index (χ1) is 8.14. The molecule has 3 N–H and O–H groups in total.